The van der Waals surface area contributed by atoms with Gasteiger partial charge in [-0.05, 0) is 40.7 Å². The van der Waals surface area contributed by atoms with E-state index in [-0.39, 0.29) is 5.91 Å². The summed E-state index contributed by atoms with van der Waals surface area (Å²) in [6, 6.07) is 1.75. The molecule has 3 aromatic rings. The summed E-state index contributed by atoms with van der Waals surface area (Å²) in [6.45, 7) is 9.73. The summed E-state index contributed by atoms with van der Waals surface area (Å²) in [7, 11) is 1.81. The molecule has 27 heavy (non-hydrogen) atoms. The van der Waals surface area contributed by atoms with Crippen LogP contribution in [0, 0.1) is 27.7 Å². The molecular formula is C18H22ClN7O. The highest BCUT2D eigenvalue weighted by Gasteiger charge is 2.17. The van der Waals surface area contributed by atoms with Gasteiger partial charge in [0.15, 0.2) is 5.65 Å². The lowest BCUT2D eigenvalue weighted by atomic mass is 10.1. The minimum absolute atomic E-state index is 0.299. The van der Waals surface area contributed by atoms with E-state index in [9.17, 15) is 4.79 Å². The van der Waals surface area contributed by atoms with Crippen LogP contribution in [0.2, 0.25) is 5.02 Å². The van der Waals surface area contributed by atoms with Crippen LogP contribution in [0.1, 0.15) is 40.1 Å². The minimum Gasteiger partial charge on any atom is -0.267 e. The third-order valence-electron chi connectivity index (χ3n) is 4.36. The average Bonchev–Trinajstić information content (AvgIpc) is 3.02. The molecule has 0 aliphatic carbocycles. The first-order chi connectivity index (χ1) is 12.7. The Kier molecular flexibility index (Phi) is 5.01. The minimum atomic E-state index is -0.299. The van der Waals surface area contributed by atoms with Crippen LogP contribution in [0.25, 0.3) is 11.0 Å². The highest BCUT2D eigenvalue weighted by Crippen LogP contribution is 2.21. The average molecular weight is 388 g/mol. The summed E-state index contributed by atoms with van der Waals surface area (Å²) in [5.74, 6) is -0.299. The number of nitrogens with one attached hydrogen (secondary N) is 1. The van der Waals surface area contributed by atoms with Gasteiger partial charge in [-0.3, -0.25) is 14.2 Å². The van der Waals surface area contributed by atoms with E-state index in [0.717, 1.165) is 28.2 Å². The molecule has 0 aliphatic rings. The van der Waals surface area contributed by atoms with Crippen LogP contribution in [0.15, 0.2) is 11.2 Å². The molecule has 3 aromatic heterocycles. The van der Waals surface area contributed by atoms with Gasteiger partial charge in [0.2, 0.25) is 0 Å². The lowest BCUT2D eigenvalue weighted by molar-refractivity contribution is 0.0956. The predicted octanol–water partition coefficient (Wildman–Crippen LogP) is 2.86. The van der Waals surface area contributed by atoms with Crippen molar-refractivity contribution in [1.82, 2.24) is 30.0 Å². The Morgan fingerprint density at radius 1 is 1.22 bits per heavy atom. The molecule has 0 atom stereocenters. The molecule has 0 spiro atoms. The number of nitrogens with zero attached hydrogens (tertiary/aromatic N) is 6. The molecule has 0 fully saturated rings. The summed E-state index contributed by atoms with van der Waals surface area (Å²) < 4.78 is 3.44. The highest BCUT2D eigenvalue weighted by molar-refractivity contribution is 6.31. The molecule has 0 saturated carbocycles. The van der Waals surface area contributed by atoms with E-state index < -0.39 is 0 Å². The van der Waals surface area contributed by atoms with Gasteiger partial charge in [0.1, 0.15) is 0 Å². The monoisotopic (exact) mass is 387 g/mol. The Balaban J connectivity index is 1.84. The second-order valence-electron chi connectivity index (χ2n) is 6.65. The predicted molar refractivity (Wildman–Crippen MR) is 105 cm³/mol. The molecule has 8 nitrogen and oxygen atoms in total. The standard InChI is InChI=1S/C18H22ClN7O/c1-9-7-14(15-11(3)23-25(6)17(15)20-9)18(27)22-21-10(2)8-26-13(5)16(19)12(4)24-26/h7H,8H2,1-6H3,(H,22,27). The van der Waals surface area contributed by atoms with Crippen molar-refractivity contribution >= 4 is 34.3 Å². The van der Waals surface area contributed by atoms with Crippen molar-refractivity contribution in [1.29, 1.82) is 0 Å². The van der Waals surface area contributed by atoms with E-state index in [2.05, 4.69) is 25.7 Å². The molecule has 3 rings (SSSR count). The number of aryl methyl sites for hydroxylation is 4. The van der Waals surface area contributed by atoms with Gasteiger partial charge in [-0.2, -0.15) is 15.3 Å². The van der Waals surface area contributed by atoms with E-state index in [1.807, 2.05) is 41.7 Å². The molecule has 1 N–H and O–H groups in total. The Morgan fingerprint density at radius 2 is 1.93 bits per heavy atom. The Morgan fingerprint density at radius 3 is 2.56 bits per heavy atom. The third kappa shape index (κ3) is 3.57. The highest BCUT2D eigenvalue weighted by atomic mass is 35.5. The van der Waals surface area contributed by atoms with Crippen LogP contribution in [0.3, 0.4) is 0 Å². The number of fused-ring (bicyclic) bond motifs is 1. The summed E-state index contributed by atoms with van der Waals surface area (Å²) >= 11 is 6.17. The van der Waals surface area contributed by atoms with E-state index in [4.69, 9.17) is 11.6 Å². The maximum absolute atomic E-state index is 12.7. The van der Waals surface area contributed by atoms with Crippen LogP contribution in [-0.4, -0.2) is 36.2 Å². The van der Waals surface area contributed by atoms with Crippen LogP contribution in [0.4, 0.5) is 0 Å². The van der Waals surface area contributed by atoms with Gasteiger partial charge >= 0.3 is 0 Å². The van der Waals surface area contributed by atoms with E-state index in [1.54, 1.807) is 15.4 Å². The lowest BCUT2D eigenvalue weighted by Crippen LogP contribution is -2.21. The SMILES string of the molecule is CC(Cn1nc(C)c(Cl)c1C)=NNC(=O)c1cc(C)nc2c1c(C)nn2C. The van der Waals surface area contributed by atoms with Crippen LogP contribution in [0.5, 0.6) is 0 Å². The number of carbonyl (C=O) groups is 1. The number of amides is 1. The number of carbonyl (C=O) groups excluding carboxylic acids is 1. The molecule has 0 bridgehead atoms. The van der Waals surface area contributed by atoms with Gasteiger partial charge in [0.25, 0.3) is 5.91 Å². The number of aromatic nitrogens is 5. The molecular weight excluding hydrogens is 366 g/mol. The zero-order valence-corrected chi connectivity index (χ0v) is 17.0. The summed E-state index contributed by atoms with van der Waals surface area (Å²) in [5, 5.41) is 14.3. The van der Waals surface area contributed by atoms with Crippen molar-refractivity contribution in [2.24, 2.45) is 12.1 Å². The van der Waals surface area contributed by atoms with Crippen molar-refractivity contribution in [3.63, 3.8) is 0 Å². The topological polar surface area (TPSA) is 90.0 Å². The maximum atomic E-state index is 12.7. The molecule has 9 heteroatoms. The van der Waals surface area contributed by atoms with Gasteiger partial charge in [-0.25, -0.2) is 10.4 Å². The fourth-order valence-electron chi connectivity index (χ4n) is 3.04. The molecule has 142 valence electrons. The second-order valence-corrected chi connectivity index (χ2v) is 7.03. The van der Waals surface area contributed by atoms with Crippen molar-refractivity contribution < 1.29 is 4.79 Å². The largest absolute Gasteiger partial charge is 0.272 e. The molecule has 0 saturated heterocycles. The van der Waals surface area contributed by atoms with Crippen molar-refractivity contribution in [3.8, 4) is 0 Å². The smallest absolute Gasteiger partial charge is 0.267 e. The fraction of sp³-hybridized carbons (Fsp3) is 0.389. The maximum Gasteiger partial charge on any atom is 0.272 e. The van der Waals surface area contributed by atoms with Crippen LogP contribution >= 0.6 is 11.6 Å². The molecule has 0 aromatic carbocycles. The van der Waals surface area contributed by atoms with Gasteiger partial charge in [0.05, 0.1) is 45.3 Å². The first-order valence-corrected chi connectivity index (χ1v) is 8.90. The summed E-state index contributed by atoms with van der Waals surface area (Å²) in [5.41, 5.74) is 7.65. The molecule has 0 unspecified atom stereocenters. The lowest BCUT2D eigenvalue weighted by Gasteiger charge is -2.07. The zero-order chi connectivity index (χ0) is 19.9. The fourth-order valence-corrected chi connectivity index (χ4v) is 3.17. The van der Waals surface area contributed by atoms with Crippen molar-refractivity contribution in [3.05, 3.63) is 39.4 Å². The van der Waals surface area contributed by atoms with Gasteiger partial charge in [0, 0.05) is 12.7 Å². The third-order valence-corrected chi connectivity index (χ3v) is 4.91. The number of hydrazone groups is 1. The Bertz CT molecular complexity index is 1080. The number of halogens is 1. The van der Waals surface area contributed by atoms with Gasteiger partial charge in [-0.1, -0.05) is 11.6 Å². The number of pyridine rings is 1. The number of rotatable bonds is 4. The molecule has 0 radical (unpaired) electrons. The zero-order valence-electron chi connectivity index (χ0n) is 16.3. The second kappa shape index (κ2) is 7.11. The summed E-state index contributed by atoms with van der Waals surface area (Å²) in [4.78, 5) is 17.2. The van der Waals surface area contributed by atoms with Gasteiger partial charge in [-0.15, -0.1) is 0 Å². The van der Waals surface area contributed by atoms with Crippen LogP contribution < -0.4 is 5.43 Å². The number of hydrogen-bond donors (Lipinski definition) is 1. The van der Waals surface area contributed by atoms with Crippen molar-refractivity contribution in [2.75, 3.05) is 0 Å². The quantitative estimate of drug-likeness (QED) is 0.550. The van der Waals surface area contributed by atoms with Crippen LogP contribution in [-0.2, 0) is 13.6 Å². The molecule has 1 amide bonds. The van der Waals surface area contributed by atoms with E-state index >= 15 is 0 Å². The normalized spacial score (nSPS) is 12.0. The Labute approximate surface area is 162 Å². The first kappa shape index (κ1) is 19.0. The molecule has 3 heterocycles. The molecule has 0 aliphatic heterocycles. The van der Waals surface area contributed by atoms with Gasteiger partial charge < -0.3 is 0 Å². The van der Waals surface area contributed by atoms with E-state index in [0.29, 0.717) is 28.5 Å². The summed E-state index contributed by atoms with van der Waals surface area (Å²) in [6.07, 6.45) is 0. The van der Waals surface area contributed by atoms with Crippen molar-refractivity contribution in [2.45, 2.75) is 41.2 Å². The van der Waals surface area contributed by atoms with E-state index in [1.165, 1.54) is 0 Å². The first-order valence-electron chi connectivity index (χ1n) is 8.53. The Hall–Kier alpha value is -2.74. The number of hydrogen-bond acceptors (Lipinski definition) is 5.